The minimum Gasteiger partial charge on any atom is -0.497 e. The first-order valence-corrected chi connectivity index (χ1v) is 6.10. The summed E-state index contributed by atoms with van der Waals surface area (Å²) >= 11 is 0. The van der Waals surface area contributed by atoms with E-state index in [1.54, 1.807) is 7.11 Å². The van der Waals surface area contributed by atoms with Crippen LogP contribution in [0.4, 0.5) is 0 Å². The topological polar surface area (TPSA) is 39.1 Å². The highest BCUT2D eigenvalue weighted by atomic mass is 16.5. The lowest BCUT2D eigenvalue weighted by Crippen LogP contribution is -2.21. The van der Waals surface area contributed by atoms with E-state index in [1.807, 2.05) is 36.3 Å². The van der Waals surface area contributed by atoms with E-state index in [4.69, 9.17) is 4.74 Å². The molecule has 4 nitrogen and oxygen atoms in total. The molecule has 0 saturated carbocycles. The van der Waals surface area contributed by atoms with Gasteiger partial charge in [-0.05, 0) is 24.2 Å². The van der Waals surface area contributed by atoms with Gasteiger partial charge in [0, 0.05) is 18.8 Å². The van der Waals surface area contributed by atoms with Crippen LogP contribution in [0.5, 0.6) is 5.75 Å². The van der Waals surface area contributed by atoms with Crippen LogP contribution in [-0.2, 0) is 7.05 Å². The third-order valence-electron chi connectivity index (χ3n) is 2.92. The molecule has 2 aromatic rings. The summed E-state index contributed by atoms with van der Waals surface area (Å²) in [5, 5.41) is 7.70. The van der Waals surface area contributed by atoms with Crippen LogP contribution in [0.2, 0.25) is 0 Å². The Bertz CT molecular complexity index is 490. The summed E-state index contributed by atoms with van der Waals surface area (Å²) in [6.45, 7) is 3.01. The van der Waals surface area contributed by atoms with Crippen LogP contribution in [0, 0.1) is 0 Å². The second-order valence-corrected chi connectivity index (χ2v) is 4.21. The molecule has 2 rings (SSSR count). The normalized spacial score (nSPS) is 12.4. The second-order valence-electron chi connectivity index (χ2n) is 4.21. The van der Waals surface area contributed by atoms with Crippen molar-refractivity contribution in [1.82, 2.24) is 15.1 Å². The summed E-state index contributed by atoms with van der Waals surface area (Å²) in [4.78, 5) is 0. The third-order valence-corrected chi connectivity index (χ3v) is 2.92. The van der Waals surface area contributed by atoms with E-state index < -0.39 is 0 Å². The molecule has 0 saturated heterocycles. The quantitative estimate of drug-likeness (QED) is 0.877. The molecule has 1 atom stereocenters. The highest BCUT2D eigenvalue weighted by Crippen LogP contribution is 2.23. The maximum Gasteiger partial charge on any atom is 0.118 e. The van der Waals surface area contributed by atoms with Gasteiger partial charge < -0.3 is 10.1 Å². The molecular formula is C14H19N3O. The molecular weight excluding hydrogens is 226 g/mol. The number of hydrogen-bond donors (Lipinski definition) is 1. The van der Waals surface area contributed by atoms with Crippen molar-refractivity contribution < 1.29 is 4.74 Å². The SMILES string of the molecule is CCNC(c1ccc(OC)cc1)c1cnn(C)c1. The first kappa shape index (κ1) is 12.6. The zero-order valence-electron chi connectivity index (χ0n) is 11.1. The van der Waals surface area contributed by atoms with Crippen LogP contribution in [0.15, 0.2) is 36.7 Å². The molecule has 1 heterocycles. The summed E-state index contributed by atoms with van der Waals surface area (Å²) in [5.74, 6) is 0.875. The van der Waals surface area contributed by atoms with Gasteiger partial charge in [0.25, 0.3) is 0 Å². The van der Waals surface area contributed by atoms with E-state index in [-0.39, 0.29) is 6.04 Å². The molecule has 0 fully saturated rings. The van der Waals surface area contributed by atoms with Crippen LogP contribution < -0.4 is 10.1 Å². The zero-order valence-corrected chi connectivity index (χ0v) is 11.1. The summed E-state index contributed by atoms with van der Waals surface area (Å²) in [6, 6.07) is 8.30. The van der Waals surface area contributed by atoms with Gasteiger partial charge in [-0.1, -0.05) is 19.1 Å². The Hall–Kier alpha value is -1.81. The lowest BCUT2D eigenvalue weighted by Gasteiger charge is -2.17. The second kappa shape index (κ2) is 5.69. The van der Waals surface area contributed by atoms with Gasteiger partial charge in [-0.2, -0.15) is 5.10 Å². The van der Waals surface area contributed by atoms with Gasteiger partial charge in [0.1, 0.15) is 5.75 Å². The van der Waals surface area contributed by atoms with Crippen molar-refractivity contribution in [2.75, 3.05) is 13.7 Å². The van der Waals surface area contributed by atoms with E-state index >= 15 is 0 Å². The highest BCUT2D eigenvalue weighted by Gasteiger charge is 2.14. The van der Waals surface area contributed by atoms with Crippen molar-refractivity contribution in [3.63, 3.8) is 0 Å². The predicted octanol–water partition coefficient (Wildman–Crippen LogP) is 2.13. The maximum atomic E-state index is 5.18. The van der Waals surface area contributed by atoms with Gasteiger partial charge in [-0.25, -0.2) is 0 Å². The minimum atomic E-state index is 0.176. The Labute approximate surface area is 108 Å². The smallest absolute Gasteiger partial charge is 0.118 e. The lowest BCUT2D eigenvalue weighted by atomic mass is 10.0. The first-order valence-electron chi connectivity index (χ1n) is 6.10. The number of methoxy groups -OCH3 is 1. The average Bonchev–Trinajstić information content (AvgIpc) is 2.82. The van der Waals surface area contributed by atoms with E-state index in [0.29, 0.717) is 0 Å². The van der Waals surface area contributed by atoms with Crippen molar-refractivity contribution in [2.45, 2.75) is 13.0 Å². The number of aromatic nitrogens is 2. The van der Waals surface area contributed by atoms with Crippen molar-refractivity contribution >= 4 is 0 Å². The maximum absolute atomic E-state index is 5.18. The van der Waals surface area contributed by atoms with Crippen LogP contribution in [0.25, 0.3) is 0 Å². The van der Waals surface area contributed by atoms with Gasteiger partial charge in [0.05, 0.1) is 19.3 Å². The van der Waals surface area contributed by atoms with Crippen molar-refractivity contribution in [3.8, 4) is 5.75 Å². The standard InChI is InChI=1S/C14H19N3O/c1-4-15-14(12-9-16-17(2)10-12)11-5-7-13(18-3)8-6-11/h5-10,14-15H,4H2,1-3H3. The Morgan fingerprint density at radius 2 is 2.00 bits per heavy atom. The predicted molar refractivity (Wildman–Crippen MR) is 71.7 cm³/mol. The molecule has 0 radical (unpaired) electrons. The fourth-order valence-electron chi connectivity index (χ4n) is 2.02. The molecule has 0 aliphatic carbocycles. The Morgan fingerprint density at radius 3 is 2.50 bits per heavy atom. The Morgan fingerprint density at radius 1 is 1.28 bits per heavy atom. The molecule has 0 amide bonds. The van der Waals surface area contributed by atoms with Crippen molar-refractivity contribution in [1.29, 1.82) is 0 Å². The van der Waals surface area contributed by atoms with Crippen LogP contribution in [-0.4, -0.2) is 23.4 Å². The summed E-state index contributed by atoms with van der Waals surface area (Å²) in [5.41, 5.74) is 2.38. The Kier molecular flexibility index (Phi) is 3.99. The number of aryl methyl sites for hydroxylation is 1. The molecule has 18 heavy (non-hydrogen) atoms. The van der Waals surface area contributed by atoms with E-state index in [0.717, 1.165) is 12.3 Å². The molecule has 0 aliphatic rings. The minimum absolute atomic E-state index is 0.176. The number of rotatable bonds is 5. The van der Waals surface area contributed by atoms with E-state index in [9.17, 15) is 0 Å². The monoisotopic (exact) mass is 245 g/mol. The summed E-state index contributed by atoms with van der Waals surface area (Å²) < 4.78 is 7.00. The lowest BCUT2D eigenvalue weighted by molar-refractivity contribution is 0.414. The van der Waals surface area contributed by atoms with Gasteiger partial charge in [0.15, 0.2) is 0 Å². The molecule has 96 valence electrons. The molecule has 1 N–H and O–H groups in total. The molecule has 4 heteroatoms. The molecule has 0 aliphatic heterocycles. The van der Waals surface area contributed by atoms with Gasteiger partial charge in [0.2, 0.25) is 0 Å². The number of nitrogens with zero attached hydrogens (tertiary/aromatic N) is 2. The molecule has 0 bridgehead atoms. The number of nitrogens with one attached hydrogen (secondary N) is 1. The van der Waals surface area contributed by atoms with Crippen LogP contribution in [0.3, 0.4) is 0 Å². The fourth-order valence-corrected chi connectivity index (χ4v) is 2.02. The van der Waals surface area contributed by atoms with Crippen molar-refractivity contribution in [3.05, 3.63) is 47.8 Å². The highest BCUT2D eigenvalue weighted by molar-refractivity contribution is 5.34. The number of benzene rings is 1. The Balaban J connectivity index is 2.28. The summed E-state index contributed by atoms with van der Waals surface area (Å²) in [7, 11) is 3.61. The average molecular weight is 245 g/mol. The molecule has 1 aromatic carbocycles. The first-order chi connectivity index (χ1) is 8.74. The van der Waals surface area contributed by atoms with Gasteiger partial charge in [-0.3, -0.25) is 4.68 Å². The van der Waals surface area contributed by atoms with Gasteiger partial charge in [-0.15, -0.1) is 0 Å². The van der Waals surface area contributed by atoms with E-state index in [1.165, 1.54) is 11.1 Å². The van der Waals surface area contributed by atoms with Gasteiger partial charge >= 0.3 is 0 Å². The molecule has 1 aromatic heterocycles. The zero-order chi connectivity index (χ0) is 13.0. The third kappa shape index (κ3) is 2.71. The molecule has 1 unspecified atom stereocenters. The van der Waals surface area contributed by atoms with Crippen LogP contribution >= 0.6 is 0 Å². The van der Waals surface area contributed by atoms with E-state index in [2.05, 4.69) is 29.5 Å². The largest absolute Gasteiger partial charge is 0.497 e. The number of ether oxygens (including phenoxy) is 1. The van der Waals surface area contributed by atoms with Crippen LogP contribution in [0.1, 0.15) is 24.1 Å². The fraction of sp³-hybridized carbons (Fsp3) is 0.357. The number of hydrogen-bond acceptors (Lipinski definition) is 3. The van der Waals surface area contributed by atoms with Crippen molar-refractivity contribution in [2.24, 2.45) is 7.05 Å². The molecule has 0 spiro atoms. The summed E-state index contributed by atoms with van der Waals surface area (Å²) in [6.07, 6.45) is 3.94.